The fourth-order valence-electron chi connectivity index (χ4n) is 2.28. The van der Waals surface area contributed by atoms with E-state index in [0.29, 0.717) is 11.4 Å². The molecule has 138 valence electrons. The molecule has 0 aliphatic carbocycles. The number of hydrogen-bond donors (Lipinski definition) is 3. The van der Waals surface area contributed by atoms with Crippen molar-refractivity contribution >= 4 is 23.3 Å². The molecule has 3 aromatic rings. The molecule has 0 atom stereocenters. The van der Waals surface area contributed by atoms with Crippen molar-refractivity contribution < 1.29 is 14.0 Å². The van der Waals surface area contributed by atoms with Crippen LogP contribution in [0.3, 0.4) is 0 Å². The zero-order chi connectivity index (χ0) is 19.2. The summed E-state index contributed by atoms with van der Waals surface area (Å²) in [6.07, 6.45) is 1.34. The van der Waals surface area contributed by atoms with Gasteiger partial charge in [-0.05, 0) is 53.2 Å². The first-order valence-corrected chi connectivity index (χ1v) is 7.95. The highest BCUT2D eigenvalue weighted by molar-refractivity contribution is 5.97. The predicted molar refractivity (Wildman–Crippen MR) is 95.9 cm³/mol. The van der Waals surface area contributed by atoms with E-state index in [1.807, 2.05) is 13.0 Å². The summed E-state index contributed by atoms with van der Waals surface area (Å²) in [6.45, 7) is 1.57. The minimum absolute atomic E-state index is 0.0473. The number of rotatable bonds is 5. The standard InChI is InChI=1S/C17H16FN7O2/c1-11-3-2-4-12(7-11)21-17(27)19-9-16(26)22-15-8-13(5-6-14(15)18)25-10-20-23-24-25/h2-8,10H,9H2,1H3,(H,22,26)(H2,19,21,27). The minimum atomic E-state index is -0.621. The lowest BCUT2D eigenvalue weighted by Crippen LogP contribution is -2.35. The van der Waals surface area contributed by atoms with Crippen LogP contribution < -0.4 is 16.0 Å². The third kappa shape index (κ3) is 4.84. The Labute approximate surface area is 153 Å². The Balaban J connectivity index is 1.56. The predicted octanol–water partition coefficient (Wildman–Crippen LogP) is 1.87. The average molecular weight is 369 g/mol. The number of aromatic nitrogens is 4. The third-order valence-corrected chi connectivity index (χ3v) is 3.52. The smallest absolute Gasteiger partial charge is 0.319 e. The Kier molecular flexibility index (Phi) is 5.36. The van der Waals surface area contributed by atoms with Gasteiger partial charge in [-0.3, -0.25) is 4.79 Å². The van der Waals surface area contributed by atoms with Crippen molar-refractivity contribution in [3.63, 3.8) is 0 Å². The van der Waals surface area contributed by atoms with Gasteiger partial charge in [-0.25, -0.2) is 13.9 Å². The molecule has 0 unspecified atom stereocenters. The number of nitrogens with one attached hydrogen (secondary N) is 3. The maximum atomic E-state index is 13.9. The van der Waals surface area contributed by atoms with Gasteiger partial charge in [0.2, 0.25) is 5.91 Å². The lowest BCUT2D eigenvalue weighted by Gasteiger charge is -2.10. The summed E-state index contributed by atoms with van der Waals surface area (Å²) in [7, 11) is 0. The second kappa shape index (κ2) is 8.04. The monoisotopic (exact) mass is 369 g/mol. The molecule has 0 radical (unpaired) electrons. The number of carbonyl (C=O) groups excluding carboxylic acids is 2. The first-order chi connectivity index (χ1) is 13.0. The Bertz CT molecular complexity index is 960. The van der Waals surface area contributed by atoms with Crippen molar-refractivity contribution in [1.29, 1.82) is 0 Å². The van der Waals surface area contributed by atoms with Crippen molar-refractivity contribution in [2.75, 3.05) is 17.2 Å². The lowest BCUT2D eigenvalue weighted by molar-refractivity contribution is -0.115. The highest BCUT2D eigenvalue weighted by Gasteiger charge is 2.11. The van der Waals surface area contributed by atoms with Gasteiger partial charge < -0.3 is 16.0 Å². The molecule has 1 aromatic heterocycles. The molecule has 0 saturated carbocycles. The van der Waals surface area contributed by atoms with Crippen LogP contribution in [0.2, 0.25) is 0 Å². The van der Waals surface area contributed by atoms with Gasteiger partial charge in [-0.15, -0.1) is 5.10 Å². The van der Waals surface area contributed by atoms with Crippen molar-refractivity contribution in [2.24, 2.45) is 0 Å². The number of tetrazole rings is 1. The van der Waals surface area contributed by atoms with Crippen molar-refractivity contribution in [3.05, 3.63) is 60.2 Å². The fourth-order valence-corrected chi connectivity index (χ4v) is 2.28. The zero-order valence-corrected chi connectivity index (χ0v) is 14.3. The van der Waals surface area contributed by atoms with Crippen LogP contribution in [0, 0.1) is 12.7 Å². The lowest BCUT2D eigenvalue weighted by atomic mass is 10.2. The SMILES string of the molecule is Cc1cccc(NC(=O)NCC(=O)Nc2cc(-n3cnnn3)ccc2F)c1. The van der Waals surface area contributed by atoms with Crippen LogP contribution in [0.15, 0.2) is 48.8 Å². The number of halogens is 1. The van der Waals surface area contributed by atoms with E-state index in [1.54, 1.807) is 18.2 Å². The second-order valence-corrected chi connectivity index (χ2v) is 5.64. The van der Waals surface area contributed by atoms with E-state index in [2.05, 4.69) is 31.5 Å². The molecule has 3 rings (SSSR count). The van der Waals surface area contributed by atoms with Crippen LogP contribution in [0.25, 0.3) is 5.69 Å². The van der Waals surface area contributed by atoms with Crippen LogP contribution in [0.4, 0.5) is 20.6 Å². The molecular weight excluding hydrogens is 353 g/mol. The molecule has 0 bridgehead atoms. The first kappa shape index (κ1) is 18.0. The van der Waals surface area contributed by atoms with Crippen molar-refractivity contribution in [2.45, 2.75) is 6.92 Å². The van der Waals surface area contributed by atoms with E-state index >= 15 is 0 Å². The van der Waals surface area contributed by atoms with Gasteiger partial charge in [0, 0.05) is 5.69 Å². The molecule has 0 aliphatic heterocycles. The van der Waals surface area contributed by atoms with Gasteiger partial charge in [0.15, 0.2) is 0 Å². The summed E-state index contributed by atoms with van der Waals surface area (Å²) in [5, 5.41) is 18.1. The van der Waals surface area contributed by atoms with Crippen molar-refractivity contribution in [1.82, 2.24) is 25.5 Å². The molecule has 0 aliphatic rings. The summed E-state index contributed by atoms with van der Waals surface area (Å²) >= 11 is 0. The molecule has 10 heteroatoms. The van der Waals surface area contributed by atoms with Gasteiger partial charge in [-0.2, -0.15) is 0 Å². The summed E-state index contributed by atoms with van der Waals surface area (Å²) in [4.78, 5) is 23.9. The summed E-state index contributed by atoms with van der Waals surface area (Å²) in [5.41, 5.74) is 2.02. The normalized spacial score (nSPS) is 10.3. The van der Waals surface area contributed by atoms with E-state index in [-0.39, 0.29) is 12.2 Å². The number of anilines is 2. The molecule has 3 N–H and O–H groups in total. The molecule has 27 heavy (non-hydrogen) atoms. The van der Waals surface area contributed by atoms with Gasteiger partial charge in [0.25, 0.3) is 0 Å². The molecule has 0 saturated heterocycles. The topological polar surface area (TPSA) is 114 Å². The fraction of sp³-hybridized carbons (Fsp3) is 0.118. The number of aryl methyl sites for hydroxylation is 1. The van der Waals surface area contributed by atoms with E-state index < -0.39 is 17.8 Å². The van der Waals surface area contributed by atoms with E-state index in [4.69, 9.17) is 0 Å². The van der Waals surface area contributed by atoms with Gasteiger partial charge >= 0.3 is 6.03 Å². The second-order valence-electron chi connectivity index (χ2n) is 5.64. The molecular formula is C17H16FN7O2. The summed E-state index contributed by atoms with van der Waals surface area (Å²) < 4.78 is 15.2. The Morgan fingerprint density at radius 1 is 1.15 bits per heavy atom. The van der Waals surface area contributed by atoms with E-state index in [1.165, 1.54) is 29.2 Å². The van der Waals surface area contributed by atoms with Crippen LogP contribution >= 0.6 is 0 Å². The highest BCUT2D eigenvalue weighted by atomic mass is 19.1. The zero-order valence-electron chi connectivity index (χ0n) is 14.3. The summed E-state index contributed by atoms with van der Waals surface area (Å²) in [6, 6.07) is 10.7. The molecule has 3 amide bonds. The summed E-state index contributed by atoms with van der Waals surface area (Å²) in [5.74, 6) is -1.20. The van der Waals surface area contributed by atoms with Crippen LogP contribution in [0.1, 0.15) is 5.56 Å². The highest BCUT2D eigenvalue weighted by Crippen LogP contribution is 2.18. The van der Waals surface area contributed by atoms with Gasteiger partial charge in [0.1, 0.15) is 12.1 Å². The third-order valence-electron chi connectivity index (χ3n) is 3.52. The molecule has 2 aromatic carbocycles. The maximum absolute atomic E-state index is 13.9. The van der Waals surface area contributed by atoms with Crippen LogP contribution in [-0.2, 0) is 4.79 Å². The Morgan fingerprint density at radius 2 is 2.00 bits per heavy atom. The minimum Gasteiger partial charge on any atom is -0.329 e. The van der Waals surface area contributed by atoms with E-state index in [0.717, 1.165) is 5.56 Å². The van der Waals surface area contributed by atoms with Crippen molar-refractivity contribution in [3.8, 4) is 5.69 Å². The average Bonchev–Trinajstić information content (AvgIpc) is 3.16. The number of amides is 3. The van der Waals surface area contributed by atoms with Gasteiger partial charge in [-0.1, -0.05) is 12.1 Å². The first-order valence-electron chi connectivity index (χ1n) is 7.95. The number of benzene rings is 2. The molecule has 0 spiro atoms. The largest absolute Gasteiger partial charge is 0.329 e. The van der Waals surface area contributed by atoms with Gasteiger partial charge in [0.05, 0.1) is 17.9 Å². The number of urea groups is 1. The molecule has 9 nitrogen and oxygen atoms in total. The van der Waals surface area contributed by atoms with E-state index in [9.17, 15) is 14.0 Å². The number of hydrogen-bond acceptors (Lipinski definition) is 5. The van der Waals surface area contributed by atoms with Crippen LogP contribution in [0.5, 0.6) is 0 Å². The molecule has 1 heterocycles. The number of nitrogens with zero attached hydrogens (tertiary/aromatic N) is 4. The Hall–Kier alpha value is -3.82. The molecule has 0 fully saturated rings. The maximum Gasteiger partial charge on any atom is 0.319 e. The quantitative estimate of drug-likeness (QED) is 0.635. The number of carbonyl (C=O) groups is 2. The Morgan fingerprint density at radius 3 is 2.74 bits per heavy atom. The van der Waals surface area contributed by atoms with Crippen LogP contribution in [-0.4, -0.2) is 38.7 Å².